The molecule has 6 heteroatoms. The maximum atomic E-state index is 12.0. The van der Waals surface area contributed by atoms with Crippen LogP contribution in [0.3, 0.4) is 0 Å². The van der Waals surface area contributed by atoms with E-state index in [4.69, 9.17) is 10.2 Å². The fourth-order valence-electron chi connectivity index (χ4n) is 1.81. The molecule has 0 aliphatic carbocycles. The summed E-state index contributed by atoms with van der Waals surface area (Å²) in [6.45, 7) is 3.67. The lowest BCUT2D eigenvalue weighted by molar-refractivity contribution is 0.0939. The highest BCUT2D eigenvalue weighted by Gasteiger charge is 2.18. The van der Waals surface area contributed by atoms with Gasteiger partial charge in [-0.3, -0.25) is 9.89 Å². The smallest absolute Gasteiger partial charge is 0.257 e. The van der Waals surface area contributed by atoms with Crippen molar-refractivity contribution in [3.05, 3.63) is 35.4 Å². The molecule has 2 aromatic rings. The zero-order valence-corrected chi connectivity index (χ0v) is 10.4. The molecule has 0 radical (unpaired) electrons. The molecule has 0 aliphatic rings. The quantitative estimate of drug-likeness (QED) is 0.758. The van der Waals surface area contributed by atoms with Crippen LogP contribution in [0.25, 0.3) is 0 Å². The molecule has 2 aromatic heterocycles. The van der Waals surface area contributed by atoms with E-state index in [1.165, 1.54) is 0 Å². The van der Waals surface area contributed by atoms with Crippen molar-refractivity contribution in [3.8, 4) is 0 Å². The van der Waals surface area contributed by atoms with Gasteiger partial charge in [0.25, 0.3) is 5.91 Å². The number of aromatic amines is 1. The predicted molar refractivity (Wildman–Crippen MR) is 67.1 cm³/mol. The molecule has 2 rings (SSSR count). The van der Waals surface area contributed by atoms with Crippen LogP contribution in [0.2, 0.25) is 0 Å². The van der Waals surface area contributed by atoms with Crippen LogP contribution in [0, 0.1) is 6.92 Å². The van der Waals surface area contributed by atoms with Gasteiger partial charge in [0, 0.05) is 18.2 Å². The molecule has 18 heavy (non-hydrogen) atoms. The molecule has 0 aromatic carbocycles. The number of nitrogens with two attached hydrogens (primary N) is 1. The second kappa shape index (κ2) is 4.95. The molecular formula is C12H16N4O2. The SMILES string of the molecule is Cc1[nH]nc(N)c1C(=O)NC(C)Cc1ccco1. The van der Waals surface area contributed by atoms with E-state index in [0.29, 0.717) is 17.7 Å². The average molecular weight is 248 g/mol. The minimum Gasteiger partial charge on any atom is -0.469 e. The molecule has 96 valence electrons. The molecule has 0 saturated heterocycles. The minimum absolute atomic E-state index is 0.0441. The number of H-pyrrole nitrogens is 1. The number of nitrogens with one attached hydrogen (secondary N) is 2. The number of furan rings is 1. The summed E-state index contributed by atoms with van der Waals surface area (Å²) < 4.78 is 5.23. The number of rotatable bonds is 4. The van der Waals surface area contributed by atoms with Crippen LogP contribution in [0.4, 0.5) is 5.82 Å². The second-order valence-corrected chi connectivity index (χ2v) is 4.27. The summed E-state index contributed by atoms with van der Waals surface area (Å²) in [5.41, 5.74) is 6.70. The van der Waals surface area contributed by atoms with Gasteiger partial charge in [-0.25, -0.2) is 0 Å². The third-order valence-electron chi connectivity index (χ3n) is 2.67. The highest BCUT2D eigenvalue weighted by Crippen LogP contribution is 2.12. The highest BCUT2D eigenvalue weighted by atomic mass is 16.3. The zero-order valence-electron chi connectivity index (χ0n) is 10.4. The number of carbonyl (C=O) groups excluding carboxylic acids is 1. The largest absolute Gasteiger partial charge is 0.469 e. The van der Waals surface area contributed by atoms with Gasteiger partial charge in [0.15, 0.2) is 5.82 Å². The molecular weight excluding hydrogens is 232 g/mol. The third-order valence-corrected chi connectivity index (χ3v) is 2.67. The number of anilines is 1. The van der Waals surface area contributed by atoms with Gasteiger partial charge in [0.1, 0.15) is 11.3 Å². The number of amides is 1. The van der Waals surface area contributed by atoms with Crippen molar-refractivity contribution in [2.45, 2.75) is 26.3 Å². The maximum Gasteiger partial charge on any atom is 0.257 e. The normalized spacial score (nSPS) is 12.3. The fraction of sp³-hybridized carbons (Fsp3) is 0.333. The van der Waals surface area contributed by atoms with Crippen LogP contribution in [-0.4, -0.2) is 22.1 Å². The molecule has 1 amide bonds. The van der Waals surface area contributed by atoms with Gasteiger partial charge in [-0.1, -0.05) is 0 Å². The van der Waals surface area contributed by atoms with Crippen molar-refractivity contribution in [2.75, 3.05) is 5.73 Å². The van der Waals surface area contributed by atoms with E-state index in [-0.39, 0.29) is 17.8 Å². The van der Waals surface area contributed by atoms with Crippen LogP contribution in [0.5, 0.6) is 0 Å². The van der Waals surface area contributed by atoms with E-state index < -0.39 is 0 Å². The second-order valence-electron chi connectivity index (χ2n) is 4.27. The summed E-state index contributed by atoms with van der Waals surface area (Å²) in [6, 6.07) is 3.65. The van der Waals surface area contributed by atoms with Crippen molar-refractivity contribution in [1.29, 1.82) is 0 Å². The first-order chi connectivity index (χ1) is 8.58. The Bertz CT molecular complexity index is 511. The molecule has 0 bridgehead atoms. The van der Waals surface area contributed by atoms with E-state index in [1.54, 1.807) is 13.2 Å². The number of nitrogen functional groups attached to an aromatic ring is 1. The van der Waals surface area contributed by atoms with Crippen LogP contribution in [0.15, 0.2) is 22.8 Å². The first-order valence-corrected chi connectivity index (χ1v) is 5.71. The van der Waals surface area contributed by atoms with E-state index in [2.05, 4.69) is 15.5 Å². The summed E-state index contributed by atoms with van der Waals surface area (Å²) in [7, 11) is 0. The van der Waals surface area contributed by atoms with Crippen molar-refractivity contribution in [3.63, 3.8) is 0 Å². The molecule has 0 fully saturated rings. The first-order valence-electron chi connectivity index (χ1n) is 5.71. The monoisotopic (exact) mass is 248 g/mol. The lowest BCUT2D eigenvalue weighted by Crippen LogP contribution is -2.34. The fourth-order valence-corrected chi connectivity index (χ4v) is 1.81. The van der Waals surface area contributed by atoms with Gasteiger partial charge in [-0.2, -0.15) is 5.10 Å². The summed E-state index contributed by atoms with van der Waals surface area (Å²) in [6.07, 6.45) is 2.25. The van der Waals surface area contributed by atoms with Crippen LogP contribution < -0.4 is 11.1 Å². The van der Waals surface area contributed by atoms with E-state index in [0.717, 1.165) is 5.76 Å². The van der Waals surface area contributed by atoms with Crippen LogP contribution >= 0.6 is 0 Å². The lowest BCUT2D eigenvalue weighted by atomic mass is 10.1. The Kier molecular flexibility index (Phi) is 3.36. The Morgan fingerprint density at radius 1 is 1.67 bits per heavy atom. The van der Waals surface area contributed by atoms with Crippen molar-refractivity contribution >= 4 is 11.7 Å². The number of hydrogen-bond donors (Lipinski definition) is 3. The zero-order chi connectivity index (χ0) is 13.1. The Labute approximate surface area is 105 Å². The Morgan fingerprint density at radius 2 is 2.44 bits per heavy atom. The van der Waals surface area contributed by atoms with E-state index in [1.807, 2.05) is 19.1 Å². The van der Waals surface area contributed by atoms with Gasteiger partial charge in [-0.05, 0) is 26.0 Å². The number of nitrogens with zero attached hydrogens (tertiary/aromatic N) is 1. The summed E-state index contributed by atoms with van der Waals surface area (Å²) in [5, 5.41) is 9.34. The van der Waals surface area contributed by atoms with Crippen molar-refractivity contribution < 1.29 is 9.21 Å². The molecule has 1 atom stereocenters. The molecule has 1 unspecified atom stereocenters. The van der Waals surface area contributed by atoms with Gasteiger partial charge in [0.05, 0.1) is 6.26 Å². The lowest BCUT2D eigenvalue weighted by Gasteiger charge is -2.12. The first kappa shape index (κ1) is 12.2. The average Bonchev–Trinajstić information content (AvgIpc) is 2.89. The summed E-state index contributed by atoms with van der Waals surface area (Å²) in [4.78, 5) is 12.0. The number of aryl methyl sites for hydroxylation is 1. The molecule has 6 nitrogen and oxygen atoms in total. The standard InChI is InChI=1S/C12H16N4O2/c1-7(6-9-4-3-5-18-9)14-12(17)10-8(2)15-16-11(10)13/h3-5,7H,6H2,1-2H3,(H,14,17)(H3,13,15,16). The number of carbonyl (C=O) groups is 1. The summed E-state index contributed by atoms with van der Waals surface area (Å²) in [5.74, 6) is 0.827. The Morgan fingerprint density at radius 3 is 3.00 bits per heavy atom. The highest BCUT2D eigenvalue weighted by molar-refractivity contribution is 5.99. The van der Waals surface area contributed by atoms with E-state index in [9.17, 15) is 4.79 Å². The third kappa shape index (κ3) is 2.53. The molecule has 0 spiro atoms. The van der Waals surface area contributed by atoms with Crippen molar-refractivity contribution in [2.24, 2.45) is 0 Å². The van der Waals surface area contributed by atoms with Gasteiger partial charge >= 0.3 is 0 Å². The molecule has 4 N–H and O–H groups in total. The topological polar surface area (TPSA) is 96.9 Å². The molecule has 0 saturated carbocycles. The molecule has 0 aliphatic heterocycles. The molecule has 2 heterocycles. The Hall–Kier alpha value is -2.24. The van der Waals surface area contributed by atoms with Crippen LogP contribution in [0.1, 0.15) is 28.7 Å². The number of aromatic nitrogens is 2. The maximum absolute atomic E-state index is 12.0. The minimum atomic E-state index is -0.224. The van der Waals surface area contributed by atoms with Crippen molar-refractivity contribution in [1.82, 2.24) is 15.5 Å². The van der Waals surface area contributed by atoms with Crippen LogP contribution in [-0.2, 0) is 6.42 Å². The summed E-state index contributed by atoms with van der Waals surface area (Å²) >= 11 is 0. The van der Waals surface area contributed by atoms with Gasteiger partial charge in [0.2, 0.25) is 0 Å². The Balaban J connectivity index is 1.99. The van der Waals surface area contributed by atoms with Gasteiger partial charge in [-0.15, -0.1) is 0 Å². The van der Waals surface area contributed by atoms with E-state index >= 15 is 0 Å². The predicted octanol–water partition coefficient (Wildman–Crippen LogP) is 1.25. The number of hydrogen-bond acceptors (Lipinski definition) is 4. The van der Waals surface area contributed by atoms with Gasteiger partial charge < -0.3 is 15.5 Å².